The fourth-order valence-corrected chi connectivity index (χ4v) is 6.34. The number of aliphatic carboxylic acids is 1. The summed E-state index contributed by atoms with van der Waals surface area (Å²) in [4.78, 5) is 37.6. The van der Waals surface area contributed by atoms with Gasteiger partial charge in [-0.2, -0.15) is 13.2 Å². The molecule has 238 valence electrons. The van der Waals surface area contributed by atoms with Crippen LogP contribution in [0.3, 0.4) is 0 Å². The van der Waals surface area contributed by atoms with E-state index in [0.717, 1.165) is 5.56 Å². The number of hydrogen-bond acceptors (Lipinski definition) is 7. The van der Waals surface area contributed by atoms with Gasteiger partial charge in [-0.1, -0.05) is 48.6 Å². The SMILES string of the molecule is O=C(O)C(F)(F)F.O=C1c2cccc(c2)S(=O)(=O)NC/C=C/CC2(CNCCO2)C(=O)NC[C@@H]2CN1C[C@H]2c1ccccc1. The van der Waals surface area contributed by atoms with Crippen molar-refractivity contribution in [2.45, 2.75) is 29.0 Å². The van der Waals surface area contributed by atoms with Crippen molar-refractivity contribution < 1.29 is 45.8 Å². The topological polar surface area (TPSA) is 154 Å². The Morgan fingerprint density at radius 1 is 1.05 bits per heavy atom. The molecule has 0 radical (unpaired) electrons. The molecule has 0 saturated carbocycles. The van der Waals surface area contributed by atoms with Crippen LogP contribution in [0.25, 0.3) is 0 Å². The van der Waals surface area contributed by atoms with Gasteiger partial charge < -0.3 is 25.4 Å². The van der Waals surface area contributed by atoms with Crippen molar-refractivity contribution in [2.24, 2.45) is 5.92 Å². The molecule has 1 spiro atoms. The Morgan fingerprint density at radius 3 is 2.43 bits per heavy atom. The molecule has 5 rings (SSSR count). The number of carbonyl (C=O) groups excluding carboxylic acids is 2. The van der Waals surface area contributed by atoms with Crippen molar-refractivity contribution in [1.29, 1.82) is 0 Å². The van der Waals surface area contributed by atoms with E-state index in [1.807, 2.05) is 30.3 Å². The highest BCUT2D eigenvalue weighted by molar-refractivity contribution is 7.89. The number of sulfonamides is 1. The van der Waals surface area contributed by atoms with E-state index in [9.17, 15) is 31.2 Å². The number of carboxylic acids is 1. The molecular weight excluding hydrogens is 605 g/mol. The van der Waals surface area contributed by atoms with Crippen LogP contribution < -0.4 is 15.4 Å². The van der Waals surface area contributed by atoms with Gasteiger partial charge in [0.2, 0.25) is 10.0 Å². The second-order valence-electron chi connectivity index (χ2n) is 10.6. The summed E-state index contributed by atoms with van der Waals surface area (Å²) < 4.78 is 66.1. The van der Waals surface area contributed by atoms with Gasteiger partial charge in [0.1, 0.15) is 0 Å². The van der Waals surface area contributed by atoms with E-state index < -0.39 is 27.8 Å². The largest absolute Gasteiger partial charge is 0.490 e. The van der Waals surface area contributed by atoms with Gasteiger partial charge in [-0.05, 0) is 23.8 Å². The number of carbonyl (C=O) groups is 3. The number of nitrogens with zero attached hydrogens (tertiary/aromatic N) is 1. The van der Waals surface area contributed by atoms with Crippen LogP contribution in [0.4, 0.5) is 13.2 Å². The fourth-order valence-electron chi connectivity index (χ4n) is 5.31. The molecule has 44 heavy (non-hydrogen) atoms. The second-order valence-corrected chi connectivity index (χ2v) is 12.3. The Balaban J connectivity index is 0.000000566. The van der Waals surface area contributed by atoms with E-state index in [0.29, 0.717) is 51.3 Å². The summed E-state index contributed by atoms with van der Waals surface area (Å²) in [5.41, 5.74) is 0.338. The van der Waals surface area contributed by atoms with Crippen molar-refractivity contribution in [2.75, 3.05) is 45.9 Å². The third-order valence-electron chi connectivity index (χ3n) is 7.60. The van der Waals surface area contributed by atoms with Gasteiger partial charge in [0.25, 0.3) is 11.8 Å². The zero-order chi connectivity index (χ0) is 32.0. The molecule has 3 heterocycles. The molecule has 4 bridgehead atoms. The minimum atomic E-state index is -5.08. The van der Waals surface area contributed by atoms with E-state index in [1.165, 1.54) is 12.1 Å². The third kappa shape index (κ3) is 8.02. The van der Waals surface area contributed by atoms with Crippen LogP contribution in [0.2, 0.25) is 0 Å². The zero-order valence-electron chi connectivity index (χ0n) is 23.5. The lowest BCUT2D eigenvalue weighted by Crippen LogP contribution is -2.59. The molecule has 0 aliphatic carbocycles. The molecule has 11 nitrogen and oxygen atoms in total. The molecule has 1 unspecified atom stereocenters. The maximum absolute atomic E-state index is 13.5. The molecule has 2 saturated heterocycles. The summed E-state index contributed by atoms with van der Waals surface area (Å²) in [5, 5.41) is 13.5. The summed E-state index contributed by atoms with van der Waals surface area (Å²) in [6.07, 6.45) is -1.33. The van der Waals surface area contributed by atoms with Crippen LogP contribution in [-0.4, -0.2) is 93.9 Å². The minimum Gasteiger partial charge on any atom is -0.475 e. The molecular formula is C29H33F3N4O7S. The number of rotatable bonds is 1. The molecule has 3 aliphatic rings. The predicted octanol–water partition coefficient (Wildman–Crippen LogP) is 1.89. The average Bonchev–Trinajstić information content (AvgIpc) is 3.44. The second kappa shape index (κ2) is 13.9. The fraction of sp³-hybridized carbons (Fsp3) is 0.414. The predicted molar refractivity (Wildman–Crippen MR) is 152 cm³/mol. The molecule has 2 amide bonds. The maximum Gasteiger partial charge on any atom is 0.490 e. The molecule has 2 fully saturated rings. The summed E-state index contributed by atoms with van der Waals surface area (Å²) >= 11 is 0. The summed E-state index contributed by atoms with van der Waals surface area (Å²) in [6, 6.07) is 16.1. The molecule has 2 aromatic rings. The third-order valence-corrected chi connectivity index (χ3v) is 9.02. The molecule has 4 N–H and O–H groups in total. The van der Waals surface area contributed by atoms with Gasteiger partial charge in [0, 0.05) is 63.1 Å². The Bertz CT molecular complexity index is 1480. The van der Waals surface area contributed by atoms with Crippen LogP contribution in [0.1, 0.15) is 28.3 Å². The lowest BCUT2D eigenvalue weighted by molar-refractivity contribution is -0.192. The van der Waals surface area contributed by atoms with Gasteiger partial charge in [0.15, 0.2) is 5.60 Å². The molecule has 0 aromatic heterocycles. The Labute approximate surface area is 252 Å². The number of ether oxygens (including phenoxy) is 1. The van der Waals surface area contributed by atoms with Gasteiger partial charge in [-0.15, -0.1) is 0 Å². The highest BCUT2D eigenvalue weighted by Crippen LogP contribution is 2.34. The van der Waals surface area contributed by atoms with Crippen LogP contribution in [0, 0.1) is 5.92 Å². The number of morpholine rings is 1. The van der Waals surface area contributed by atoms with E-state index in [4.69, 9.17) is 14.6 Å². The lowest BCUT2D eigenvalue weighted by atomic mass is 9.88. The number of alkyl halides is 3. The Hall–Kier alpha value is -3.79. The van der Waals surface area contributed by atoms with Crippen LogP contribution in [0.15, 0.2) is 71.6 Å². The van der Waals surface area contributed by atoms with Crippen molar-refractivity contribution in [3.63, 3.8) is 0 Å². The van der Waals surface area contributed by atoms with E-state index in [-0.39, 0.29) is 35.1 Å². The first kappa shape index (κ1) is 33.1. The smallest absolute Gasteiger partial charge is 0.475 e. The normalized spacial score (nSPS) is 26.6. The van der Waals surface area contributed by atoms with Gasteiger partial charge in [0.05, 0.1) is 11.5 Å². The zero-order valence-corrected chi connectivity index (χ0v) is 24.4. The van der Waals surface area contributed by atoms with Gasteiger partial charge in [-0.3, -0.25) is 9.59 Å². The number of halogens is 3. The average molecular weight is 639 g/mol. The monoisotopic (exact) mass is 638 g/mol. The molecule has 2 aromatic carbocycles. The summed E-state index contributed by atoms with van der Waals surface area (Å²) in [5.74, 6) is -3.18. The number of fused-ring (bicyclic) bond motifs is 4. The molecule has 3 aliphatic heterocycles. The molecule has 3 atom stereocenters. The van der Waals surface area contributed by atoms with Crippen molar-refractivity contribution in [1.82, 2.24) is 20.3 Å². The highest BCUT2D eigenvalue weighted by Gasteiger charge is 2.42. The summed E-state index contributed by atoms with van der Waals surface area (Å²) in [6.45, 7) is 2.79. The van der Waals surface area contributed by atoms with Crippen LogP contribution in [-0.2, 0) is 24.3 Å². The number of nitrogens with one attached hydrogen (secondary N) is 3. The quantitative estimate of drug-likeness (QED) is 0.346. The van der Waals surface area contributed by atoms with Crippen molar-refractivity contribution >= 4 is 27.8 Å². The Morgan fingerprint density at radius 2 is 1.77 bits per heavy atom. The highest BCUT2D eigenvalue weighted by atomic mass is 32.2. The molecule has 15 heteroatoms. The number of benzene rings is 2. The first-order valence-electron chi connectivity index (χ1n) is 13.8. The van der Waals surface area contributed by atoms with Crippen LogP contribution in [0.5, 0.6) is 0 Å². The van der Waals surface area contributed by atoms with Gasteiger partial charge in [-0.25, -0.2) is 17.9 Å². The maximum atomic E-state index is 13.5. The first-order valence-corrected chi connectivity index (χ1v) is 15.3. The minimum absolute atomic E-state index is 0.0105. The first-order chi connectivity index (χ1) is 20.8. The van der Waals surface area contributed by atoms with Crippen LogP contribution >= 0.6 is 0 Å². The number of carboxylic acid groups (broad SMARTS) is 1. The van der Waals surface area contributed by atoms with E-state index in [2.05, 4.69) is 15.4 Å². The van der Waals surface area contributed by atoms with Gasteiger partial charge >= 0.3 is 12.1 Å². The number of amides is 2. The summed E-state index contributed by atoms with van der Waals surface area (Å²) in [7, 11) is -3.82. The Kier molecular flexibility index (Phi) is 10.4. The number of hydrogen-bond donors (Lipinski definition) is 4. The van der Waals surface area contributed by atoms with Crippen molar-refractivity contribution in [3.8, 4) is 0 Å². The van der Waals surface area contributed by atoms with Crippen molar-refractivity contribution in [3.05, 3.63) is 77.9 Å². The van der Waals surface area contributed by atoms with E-state index >= 15 is 0 Å². The standard InChI is InChI=1S/C27H32N4O5S.C2HF3O2/c32-25-21-9-6-10-23(15-21)37(34,35)30-12-5-4-11-27(19-28-13-14-36-27)26(33)29-16-22-17-31(25)18-24(22)20-7-2-1-3-8-20;3-2(4,5)1(6)7/h1-10,15,22,24,28,30H,11-14,16-19H2,(H,29,33);(H,6,7)/b5-4+;/t22-,24+,27?;/m1./s1. The van der Waals surface area contributed by atoms with E-state index in [1.54, 1.807) is 29.2 Å². The lowest BCUT2D eigenvalue weighted by Gasteiger charge is -2.36.